The Bertz CT molecular complexity index is 1040. The summed E-state index contributed by atoms with van der Waals surface area (Å²) in [6, 6.07) is 16.0. The minimum Gasteiger partial charge on any atom is -0.490 e. The molecule has 0 radical (unpaired) electrons. The zero-order valence-electron chi connectivity index (χ0n) is 17.0. The summed E-state index contributed by atoms with van der Waals surface area (Å²) in [7, 11) is 0. The lowest BCUT2D eigenvalue weighted by atomic mass is 9.90. The number of H-pyrrole nitrogens is 1. The number of nitrogens with zero attached hydrogens (tertiary/aromatic N) is 3. The topological polar surface area (TPSA) is 71.1 Å². The van der Waals surface area contributed by atoms with Gasteiger partial charge in [0.1, 0.15) is 17.5 Å². The fourth-order valence-electron chi connectivity index (χ4n) is 4.33. The zero-order valence-corrected chi connectivity index (χ0v) is 17.0. The van der Waals surface area contributed by atoms with Crippen LogP contribution >= 0.6 is 0 Å². The second-order valence-electron chi connectivity index (χ2n) is 8.17. The van der Waals surface area contributed by atoms with E-state index in [4.69, 9.17) is 4.74 Å². The molecule has 0 unspecified atom stereocenters. The molecule has 1 saturated carbocycles. The van der Waals surface area contributed by atoms with Crippen molar-refractivity contribution in [1.29, 1.82) is 0 Å². The molecule has 6 nitrogen and oxygen atoms in total. The number of aromatic nitrogens is 3. The standard InChI is InChI=1S/C24H26N4O2/c29-23-16-21(22-6-1-2-13-25-22)24(27-26-23)17-7-9-19(10-8-17)30-20-11-14-28(15-12-20)18-4-3-5-18/h1-2,6-10,13,16,18,20H,3-5,11-12,14-15H2,(H,26,29). The SMILES string of the molecule is O=c1cc(-c2ccccn2)c(-c2ccc(OC3CCN(C4CCC4)CC3)cc2)n[nH]1. The molecule has 30 heavy (non-hydrogen) atoms. The first-order chi connectivity index (χ1) is 14.8. The number of piperidine rings is 1. The Kier molecular flexibility index (Phi) is 5.32. The third-order valence-electron chi connectivity index (χ3n) is 6.25. The van der Waals surface area contributed by atoms with Gasteiger partial charge in [-0.05, 0) is 62.1 Å². The first kappa shape index (κ1) is 19.0. The average Bonchev–Trinajstić information content (AvgIpc) is 2.75. The highest BCUT2D eigenvalue weighted by Crippen LogP contribution is 2.31. The molecular weight excluding hydrogens is 376 g/mol. The van der Waals surface area contributed by atoms with Crippen molar-refractivity contribution in [2.75, 3.05) is 13.1 Å². The highest BCUT2D eigenvalue weighted by Gasteiger charge is 2.29. The highest BCUT2D eigenvalue weighted by atomic mass is 16.5. The van der Waals surface area contributed by atoms with Gasteiger partial charge in [0.05, 0.1) is 5.69 Å². The van der Waals surface area contributed by atoms with Crippen molar-refractivity contribution in [2.24, 2.45) is 0 Å². The van der Waals surface area contributed by atoms with Gasteiger partial charge in [0.15, 0.2) is 0 Å². The lowest BCUT2D eigenvalue weighted by Crippen LogP contribution is -2.46. The number of benzene rings is 1. The van der Waals surface area contributed by atoms with Crippen molar-refractivity contribution in [3.8, 4) is 28.3 Å². The Morgan fingerprint density at radius 2 is 1.80 bits per heavy atom. The Hall–Kier alpha value is -2.99. The van der Waals surface area contributed by atoms with Crippen LogP contribution in [0.5, 0.6) is 5.75 Å². The summed E-state index contributed by atoms with van der Waals surface area (Å²) in [4.78, 5) is 18.9. The van der Waals surface area contributed by atoms with Crippen LogP contribution in [0.2, 0.25) is 0 Å². The third kappa shape index (κ3) is 4.00. The smallest absolute Gasteiger partial charge is 0.264 e. The second-order valence-corrected chi connectivity index (χ2v) is 8.17. The fourth-order valence-corrected chi connectivity index (χ4v) is 4.33. The minimum absolute atomic E-state index is 0.243. The largest absolute Gasteiger partial charge is 0.490 e. The van der Waals surface area contributed by atoms with E-state index in [2.05, 4.69) is 20.1 Å². The predicted molar refractivity (Wildman–Crippen MR) is 116 cm³/mol. The minimum atomic E-state index is -0.243. The van der Waals surface area contributed by atoms with Gasteiger partial charge in [-0.15, -0.1) is 0 Å². The van der Waals surface area contributed by atoms with E-state index in [1.807, 2.05) is 42.5 Å². The molecule has 1 aliphatic heterocycles. The summed E-state index contributed by atoms with van der Waals surface area (Å²) >= 11 is 0. The van der Waals surface area contributed by atoms with Gasteiger partial charge in [-0.2, -0.15) is 5.10 Å². The maximum absolute atomic E-state index is 11.8. The van der Waals surface area contributed by atoms with Crippen LogP contribution in [0.25, 0.3) is 22.5 Å². The van der Waals surface area contributed by atoms with E-state index in [1.165, 1.54) is 19.3 Å². The van der Waals surface area contributed by atoms with Gasteiger partial charge < -0.3 is 9.64 Å². The van der Waals surface area contributed by atoms with Crippen LogP contribution in [0.4, 0.5) is 0 Å². The molecule has 1 aromatic carbocycles. The van der Waals surface area contributed by atoms with E-state index in [1.54, 1.807) is 12.3 Å². The van der Waals surface area contributed by atoms with Crippen molar-refractivity contribution >= 4 is 0 Å². The Morgan fingerprint density at radius 3 is 2.47 bits per heavy atom. The number of likely N-dealkylation sites (tertiary alicyclic amines) is 1. The molecular formula is C24H26N4O2. The molecule has 2 fully saturated rings. The van der Waals surface area contributed by atoms with E-state index in [-0.39, 0.29) is 11.7 Å². The molecule has 2 aromatic heterocycles. The number of rotatable bonds is 5. The Labute approximate surface area is 175 Å². The summed E-state index contributed by atoms with van der Waals surface area (Å²) in [5, 5.41) is 6.83. The number of aromatic amines is 1. The molecule has 1 aliphatic carbocycles. The molecule has 5 rings (SSSR count). The summed E-state index contributed by atoms with van der Waals surface area (Å²) in [5.74, 6) is 0.879. The fraction of sp³-hybridized carbons (Fsp3) is 0.375. The molecule has 154 valence electrons. The monoisotopic (exact) mass is 402 g/mol. The van der Waals surface area contributed by atoms with Crippen molar-refractivity contribution in [2.45, 2.75) is 44.2 Å². The Balaban J connectivity index is 1.29. The third-order valence-corrected chi connectivity index (χ3v) is 6.25. The van der Waals surface area contributed by atoms with Crippen LogP contribution in [0.15, 0.2) is 59.5 Å². The molecule has 1 saturated heterocycles. The predicted octanol–water partition coefficient (Wildman–Crippen LogP) is 3.89. The van der Waals surface area contributed by atoms with Crippen LogP contribution in [0.3, 0.4) is 0 Å². The maximum Gasteiger partial charge on any atom is 0.264 e. The summed E-state index contributed by atoms with van der Waals surface area (Å²) in [6.45, 7) is 2.28. The summed E-state index contributed by atoms with van der Waals surface area (Å²) < 4.78 is 6.24. The van der Waals surface area contributed by atoms with E-state index >= 15 is 0 Å². The van der Waals surface area contributed by atoms with Gasteiger partial charge >= 0.3 is 0 Å². The van der Waals surface area contributed by atoms with Gasteiger partial charge in [-0.3, -0.25) is 9.78 Å². The van der Waals surface area contributed by atoms with Gasteiger partial charge in [0, 0.05) is 42.5 Å². The van der Waals surface area contributed by atoms with Gasteiger partial charge in [0.2, 0.25) is 0 Å². The van der Waals surface area contributed by atoms with Crippen LogP contribution in [-0.2, 0) is 0 Å². The van der Waals surface area contributed by atoms with Gasteiger partial charge in [0.25, 0.3) is 5.56 Å². The quantitative estimate of drug-likeness (QED) is 0.701. The van der Waals surface area contributed by atoms with Crippen molar-refractivity contribution in [3.63, 3.8) is 0 Å². The molecule has 1 N–H and O–H groups in total. The van der Waals surface area contributed by atoms with Crippen molar-refractivity contribution < 1.29 is 4.74 Å². The normalized spacial score (nSPS) is 18.1. The molecule has 0 atom stereocenters. The van der Waals surface area contributed by atoms with E-state index in [0.29, 0.717) is 5.69 Å². The second kappa shape index (κ2) is 8.40. The molecule has 0 bridgehead atoms. The van der Waals surface area contributed by atoms with E-state index < -0.39 is 0 Å². The summed E-state index contributed by atoms with van der Waals surface area (Å²) in [6.07, 6.45) is 8.29. The molecule has 2 aliphatic rings. The van der Waals surface area contributed by atoms with Crippen molar-refractivity contribution in [3.05, 3.63) is 65.1 Å². The lowest BCUT2D eigenvalue weighted by molar-refractivity contribution is 0.0493. The van der Waals surface area contributed by atoms with Gasteiger partial charge in [-0.25, -0.2) is 5.10 Å². The first-order valence-electron chi connectivity index (χ1n) is 10.8. The summed E-state index contributed by atoms with van der Waals surface area (Å²) in [5.41, 5.74) is 2.82. The van der Waals surface area contributed by atoms with E-state index in [9.17, 15) is 4.79 Å². The van der Waals surface area contributed by atoms with Gasteiger partial charge in [-0.1, -0.05) is 12.5 Å². The molecule has 0 amide bonds. The van der Waals surface area contributed by atoms with Crippen LogP contribution in [0, 0.1) is 0 Å². The number of nitrogens with one attached hydrogen (secondary N) is 1. The number of hydrogen-bond donors (Lipinski definition) is 1. The average molecular weight is 402 g/mol. The Morgan fingerprint density at radius 1 is 1.00 bits per heavy atom. The number of ether oxygens (including phenoxy) is 1. The van der Waals surface area contributed by atoms with Crippen molar-refractivity contribution in [1.82, 2.24) is 20.1 Å². The highest BCUT2D eigenvalue weighted by molar-refractivity contribution is 5.78. The van der Waals surface area contributed by atoms with Crippen LogP contribution < -0.4 is 10.3 Å². The number of hydrogen-bond acceptors (Lipinski definition) is 5. The molecule has 6 heteroatoms. The molecule has 3 heterocycles. The molecule has 3 aromatic rings. The van der Waals surface area contributed by atoms with E-state index in [0.717, 1.165) is 54.5 Å². The lowest BCUT2D eigenvalue weighted by Gasteiger charge is -2.41. The van der Waals surface area contributed by atoms with Crippen LogP contribution in [0.1, 0.15) is 32.1 Å². The first-order valence-corrected chi connectivity index (χ1v) is 10.8. The molecule has 0 spiro atoms. The maximum atomic E-state index is 11.8. The zero-order chi connectivity index (χ0) is 20.3. The number of pyridine rings is 1. The van der Waals surface area contributed by atoms with Crippen LogP contribution in [-0.4, -0.2) is 45.3 Å².